The average molecular weight is 196 g/mol. The number of rotatable bonds is 4. The topological polar surface area (TPSA) is 26.3 Å². The third-order valence-electron chi connectivity index (χ3n) is 2.18. The van der Waals surface area contributed by atoms with E-state index in [0.29, 0.717) is 17.7 Å². The van der Waals surface area contributed by atoms with Gasteiger partial charge >= 0.3 is 0 Å². The van der Waals surface area contributed by atoms with Crippen molar-refractivity contribution in [3.05, 3.63) is 29.6 Å². The maximum Gasteiger partial charge on any atom is 0.126 e. The second-order valence-corrected chi connectivity index (χ2v) is 3.19. The average Bonchev–Trinajstić information content (AvgIpc) is 2.19. The molecule has 3 heteroatoms. The highest BCUT2D eigenvalue weighted by Gasteiger charge is 2.11. The number of carbonyl (C=O) groups is 1. The minimum absolute atomic E-state index is 0.109. The molecule has 0 amide bonds. The first-order valence-electron chi connectivity index (χ1n) is 4.46. The van der Waals surface area contributed by atoms with Crippen molar-refractivity contribution in [3.8, 4) is 5.75 Å². The van der Waals surface area contributed by atoms with Crippen molar-refractivity contribution in [1.82, 2.24) is 0 Å². The molecule has 0 N–H and O–H groups in total. The van der Waals surface area contributed by atoms with Crippen LogP contribution >= 0.6 is 0 Å². The van der Waals surface area contributed by atoms with Crippen molar-refractivity contribution in [2.75, 3.05) is 7.11 Å². The Hall–Kier alpha value is -1.38. The first-order valence-corrected chi connectivity index (χ1v) is 4.46. The van der Waals surface area contributed by atoms with Gasteiger partial charge < -0.3 is 9.53 Å². The summed E-state index contributed by atoms with van der Waals surface area (Å²) >= 11 is 0. The van der Waals surface area contributed by atoms with Crippen molar-refractivity contribution in [3.63, 3.8) is 0 Å². The number of carbonyl (C=O) groups excluding carboxylic acids is 1. The van der Waals surface area contributed by atoms with Crippen molar-refractivity contribution in [2.24, 2.45) is 0 Å². The van der Waals surface area contributed by atoms with Crippen LogP contribution in [0.1, 0.15) is 24.8 Å². The van der Waals surface area contributed by atoms with Crippen LogP contribution in [0.3, 0.4) is 0 Å². The standard InChI is InChI=1S/C11H13FO2/c1-8(5-6-13)10-7-9(14-2)3-4-11(10)12/h3-4,6-8H,5H2,1-2H3. The summed E-state index contributed by atoms with van der Waals surface area (Å²) in [6, 6.07) is 4.55. The largest absolute Gasteiger partial charge is 0.497 e. The van der Waals surface area contributed by atoms with Crippen LogP contribution in [0.15, 0.2) is 18.2 Å². The predicted molar refractivity (Wildman–Crippen MR) is 52.0 cm³/mol. The summed E-state index contributed by atoms with van der Waals surface area (Å²) in [4.78, 5) is 10.3. The molecule has 1 rings (SSSR count). The van der Waals surface area contributed by atoms with Crippen LogP contribution in [0.4, 0.5) is 4.39 Å². The van der Waals surface area contributed by atoms with Gasteiger partial charge in [0, 0.05) is 6.42 Å². The molecule has 1 aromatic carbocycles. The number of hydrogen-bond donors (Lipinski definition) is 0. The Labute approximate surface area is 82.7 Å². The second kappa shape index (κ2) is 4.74. The van der Waals surface area contributed by atoms with Gasteiger partial charge in [0.05, 0.1) is 7.11 Å². The molecule has 0 heterocycles. The lowest BCUT2D eigenvalue weighted by molar-refractivity contribution is -0.108. The number of methoxy groups -OCH3 is 1. The molecule has 0 radical (unpaired) electrons. The van der Waals surface area contributed by atoms with Gasteiger partial charge in [-0.15, -0.1) is 0 Å². The Morgan fingerprint density at radius 1 is 1.57 bits per heavy atom. The van der Waals surface area contributed by atoms with Crippen molar-refractivity contribution in [2.45, 2.75) is 19.3 Å². The number of hydrogen-bond acceptors (Lipinski definition) is 2. The molecular formula is C11H13FO2. The van der Waals surface area contributed by atoms with Gasteiger partial charge in [-0.05, 0) is 29.7 Å². The van der Waals surface area contributed by atoms with Gasteiger partial charge in [-0.3, -0.25) is 0 Å². The van der Waals surface area contributed by atoms with E-state index in [1.165, 1.54) is 13.2 Å². The van der Waals surface area contributed by atoms with Crippen LogP contribution in [-0.2, 0) is 4.79 Å². The maximum absolute atomic E-state index is 13.3. The van der Waals surface area contributed by atoms with Gasteiger partial charge in [-0.2, -0.15) is 0 Å². The summed E-state index contributed by atoms with van der Waals surface area (Å²) in [7, 11) is 1.53. The molecule has 0 saturated carbocycles. The van der Waals surface area contributed by atoms with Gasteiger partial charge in [-0.1, -0.05) is 6.92 Å². The molecule has 2 nitrogen and oxygen atoms in total. The highest BCUT2D eigenvalue weighted by Crippen LogP contribution is 2.25. The summed E-state index contributed by atoms with van der Waals surface area (Å²) in [6.45, 7) is 1.81. The number of aldehydes is 1. The van der Waals surface area contributed by atoms with Crippen LogP contribution in [0.5, 0.6) is 5.75 Å². The number of benzene rings is 1. The molecule has 1 aromatic rings. The molecule has 0 aliphatic carbocycles. The van der Waals surface area contributed by atoms with Gasteiger partial charge in [0.25, 0.3) is 0 Å². The Bertz CT molecular complexity index is 323. The lowest BCUT2D eigenvalue weighted by atomic mass is 9.98. The van der Waals surface area contributed by atoms with Crippen LogP contribution < -0.4 is 4.74 Å². The lowest BCUT2D eigenvalue weighted by Gasteiger charge is -2.10. The Kier molecular flexibility index (Phi) is 3.63. The molecule has 0 fully saturated rings. The zero-order valence-corrected chi connectivity index (χ0v) is 8.29. The smallest absolute Gasteiger partial charge is 0.126 e. The SMILES string of the molecule is COc1ccc(F)c(C(C)CC=O)c1. The third-order valence-corrected chi connectivity index (χ3v) is 2.18. The van der Waals surface area contributed by atoms with Crippen LogP contribution in [0, 0.1) is 5.82 Å². The molecule has 0 saturated heterocycles. The fourth-order valence-electron chi connectivity index (χ4n) is 1.30. The zero-order valence-electron chi connectivity index (χ0n) is 8.29. The van der Waals surface area contributed by atoms with Crippen molar-refractivity contribution >= 4 is 6.29 Å². The normalized spacial score (nSPS) is 12.2. The minimum Gasteiger partial charge on any atom is -0.497 e. The van der Waals surface area contributed by atoms with E-state index < -0.39 is 0 Å². The van der Waals surface area contributed by atoms with E-state index in [1.54, 1.807) is 12.1 Å². The Morgan fingerprint density at radius 2 is 2.29 bits per heavy atom. The van der Waals surface area contributed by atoms with E-state index in [4.69, 9.17) is 4.74 Å². The highest BCUT2D eigenvalue weighted by molar-refractivity contribution is 5.51. The van der Waals surface area contributed by atoms with E-state index in [1.807, 2.05) is 6.92 Å². The molecule has 0 aromatic heterocycles. The highest BCUT2D eigenvalue weighted by atomic mass is 19.1. The van der Waals surface area contributed by atoms with E-state index in [2.05, 4.69) is 0 Å². The monoisotopic (exact) mass is 196 g/mol. The molecule has 76 valence electrons. The van der Waals surface area contributed by atoms with Gasteiger partial charge in [0.1, 0.15) is 17.9 Å². The van der Waals surface area contributed by atoms with E-state index in [-0.39, 0.29) is 11.7 Å². The summed E-state index contributed by atoms with van der Waals surface area (Å²) in [5.41, 5.74) is 0.524. The molecule has 0 spiro atoms. The van der Waals surface area contributed by atoms with Crippen molar-refractivity contribution in [1.29, 1.82) is 0 Å². The molecular weight excluding hydrogens is 183 g/mol. The van der Waals surface area contributed by atoms with Crippen LogP contribution in [-0.4, -0.2) is 13.4 Å². The summed E-state index contributed by atoms with van der Waals surface area (Å²) < 4.78 is 18.3. The molecule has 0 aliphatic heterocycles. The number of ether oxygens (including phenoxy) is 1. The number of halogens is 1. The summed E-state index contributed by atoms with van der Waals surface area (Å²) in [6.07, 6.45) is 1.12. The first kappa shape index (κ1) is 10.7. The van der Waals surface area contributed by atoms with E-state index in [0.717, 1.165) is 6.29 Å². The van der Waals surface area contributed by atoms with Crippen molar-refractivity contribution < 1.29 is 13.9 Å². The fraction of sp³-hybridized carbons (Fsp3) is 0.364. The fourth-order valence-corrected chi connectivity index (χ4v) is 1.30. The maximum atomic E-state index is 13.3. The molecule has 0 bridgehead atoms. The van der Waals surface area contributed by atoms with Crippen LogP contribution in [0.25, 0.3) is 0 Å². The Balaban J connectivity index is 2.98. The Morgan fingerprint density at radius 3 is 2.86 bits per heavy atom. The lowest BCUT2D eigenvalue weighted by Crippen LogP contribution is -1.98. The first-order chi connectivity index (χ1) is 6.69. The molecule has 1 atom stereocenters. The minimum atomic E-state index is -0.292. The molecule has 1 unspecified atom stereocenters. The van der Waals surface area contributed by atoms with Gasteiger partial charge in [-0.25, -0.2) is 4.39 Å². The third kappa shape index (κ3) is 2.31. The van der Waals surface area contributed by atoms with E-state index in [9.17, 15) is 9.18 Å². The zero-order chi connectivity index (χ0) is 10.6. The molecule has 14 heavy (non-hydrogen) atoms. The van der Waals surface area contributed by atoms with Gasteiger partial charge in [0.2, 0.25) is 0 Å². The molecule has 0 aliphatic rings. The summed E-state index contributed by atoms with van der Waals surface area (Å²) in [5.74, 6) is 0.210. The summed E-state index contributed by atoms with van der Waals surface area (Å²) in [5, 5.41) is 0. The van der Waals surface area contributed by atoms with Gasteiger partial charge in [0.15, 0.2) is 0 Å². The second-order valence-electron chi connectivity index (χ2n) is 3.19. The predicted octanol–water partition coefficient (Wildman–Crippen LogP) is 2.53. The van der Waals surface area contributed by atoms with Crippen LogP contribution in [0.2, 0.25) is 0 Å². The quantitative estimate of drug-likeness (QED) is 0.692. The van der Waals surface area contributed by atoms with E-state index >= 15 is 0 Å².